The van der Waals surface area contributed by atoms with Gasteiger partial charge in [0.2, 0.25) is 5.91 Å². The van der Waals surface area contributed by atoms with Gasteiger partial charge in [0.15, 0.2) is 12.2 Å². The van der Waals surface area contributed by atoms with Crippen molar-refractivity contribution in [3.63, 3.8) is 0 Å². The summed E-state index contributed by atoms with van der Waals surface area (Å²) in [6, 6.07) is 31.7. The lowest BCUT2D eigenvalue weighted by molar-refractivity contribution is -0.150. The minimum atomic E-state index is -1.83. The molecule has 1 fully saturated rings. The number of amides is 3. The van der Waals surface area contributed by atoms with Crippen LogP contribution in [-0.4, -0.2) is 59.3 Å². The fourth-order valence-corrected chi connectivity index (χ4v) is 8.20. The molecule has 0 radical (unpaired) electrons. The normalized spacial score (nSPS) is 22.6. The first-order valence-electron chi connectivity index (χ1n) is 17.4. The summed E-state index contributed by atoms with van der Waals surface area (Å²) in [5, 5.41) is 9.85. The first-order chi connectivity index (χ1) is 24.5. The average molecular weight is 692 g/mol. The van der Waals surface area contributed by atoms with Gasteiger partial charge in [-0.25, -0.2) is 4.39 Å². The molecule has 3 aliphatic rings. The molecule has 0 aliphatic carbocycles. The highest BCUT2D eigenvalue weighted by Crippen LogP contribution is 2.59. The topological polar surface area (TPSA) is 99.6 Å². The molecule has 0 saturated carbocycles. The second kappa shape index (κ2) is 13.6. The molecule has 4 atom stereocenters. The molecule has 1 saturated heterocycles. The maximum atomic E-state index is 16.5. The number of carbonyl (C=O) groups excluding carboxylic acids is 3. The molecule has 0 unspecified atom stereocenters. The van der Waals surface area contributed by atoms with E-state index in [0.717, 1.165) is 11.1 Å². The van der Waals surface area contributed by atoms with Gasteiger partial charge in [-0.3, -0.25) is 19.3 Å². The number of fused-ring (bicyclic) bond motifs is 3. The number of aliphatic hydroxyl groups is 1. The zero-order chi connectivity index (χ0) is 35.9. The van der Waals surface area contributed by atoms with E-state index in [9.17, 15) is 19.5 Å². The molecule has 0 aromatic heterocycles. The maximum Gasteiger partial charge on any atom is 0.269 e. The van der Waals surface area contributed by atoms with E-state index >= 15 is 4.39 Å². The van der Waals surface area contributed by atoms with Crippen LogP contribution in [0.1, 0.15) is 43.9 Å². The second-order valence-corrected chi connectivity index (χ2v) is 14.1. The Morgan fingerprint density at radius 3 is 2.29 bits per heavy atom. The van der Waals surface area contributed by atoms with Crippen LogP contribution in [0.15, 0.2) is 103 Å². The number of halogens is 1. The number of hydrogen-bond acceptors (Lipinski definition) is 6. The zero-order valence-electron chi connectivity index (χ0n) is 29.0. The lowest BCUT2D eigenvalue weighted by atomic mass is 9.71. The van der Waals surface area contributed by atoms with Gasteiger partial charge in [-0.05, 0) is 55.3 Å². The standard InChI is InChI=1S/C41H42FN3O6/c1-27-38(40(2,3)42)35(23-36(47)43(20-21-46)24-28-12-6-4-7-13-28)51-41(27)31-22-30(45-33-16-10-11-17-34(33)50-26-37(45)48)18-19-32(31)44(39(41)49)25-29-14-8-5-9-15-29/h4-19,22,27,35,38,46H,20-21,23-26H2,1-3H3/t27-,35+,38-,41+/m0/s1. The number of ether oxygens (including phenoxy) is 2. The number of carbonyl (C=O) groups is 3. The van der Waals surface area contributed by atoms with Gasteiger partial charge >= 0.3 is 0 Å². The highest BCUT2D eigenvalue weighted by molar-refractivity contribution is 6.09. The third kappa shape index (κ3) is 6.16. The molecule has 0 bridgehead atoms. The number of anilines is 3. The van der Waals surface area contributed by atoms with Crippen molar-refractivity contribution in [1.29, 1.82) is 0 Å². The summed E-state index contributed by atoms with van der Waals surface area (Å²) in [6.45, 7) is 4.96. The first kappa shape index (κ1) is 34.4. The van der Waals surface area contributed by atoms with Gasteiger partial charge in [0, 0.05) is 36.2 Å². The quantitative estimate of drug-likeness (QED) is 0.210. The van der Waals surface area contributed by atoms with E-state index in [0.29, 0.717) is 28.4 Å². The molecule has 51 heavy (non-hydrogen) atoms. The summed E-state index contributed by atoms with van der Waals surface area (Å²) in [5.74, 6) is -1.93. The summed E-state index contributed by atoms with van der Waals surface area (Å²) in [6.07, 6.45) is -1.15. The number of hydrogen-bond donors (Lipinski definition) is 1. The smallest absolute Gasteiger partial charge is 0.269 e. The summed E-state index contributed by atoms with van der Waals surface area (Å²) in [7, 11) is 0. The van der Waals surface area contributed by atoms with E-state index in [1.54, 1.807) is 39.0 Å². The Bertz CT molecular complexity index is 1930. The Morgan fingerprint density at radius 2 is 1.61 bits per heavy atom. The van der Waals surface area contributed by atoms with E-state index in [1.807, 2.05) is 85.8 Å². The number of nitrogens with zero attached hydrogens (tertiary/aromatic N) is 3. The van der Waals surface area contributed by atoms with Crippen molar-refractivity contribution in [2.75, 3.05) is 29.6 Å². The Labute approximate surface area is 297 Å². The Kier molecular flexibility index (Phi) is 9.16. The molecule has 3 heterocycles. The van der Waals surface area contributed by atoms with Gasteiger partial charge in [-0.1, -0.05) is 79.7 Å². The van der Waals surface area contributed by atoms with Gasteiger partial charge in [-0.15, -0.1) is 0 Å². The van der Waals surface area contributed by atoms with E-state index in [-0.39, 0.29) is 57.0 Å². The number of rotatable bonds is 10. The largest absolute Gasteiger partial charge is 0.482 e. The molecular formula is C41H42FN3O6. The molecule has 1 N–H and O–H groups in total. The fraction of sp³-hybridized carbons (Fsp3) is 0.341. The van der Waals surface area contributed by atoms with E-state index < -0.39 is 29.2 Å². The van der Waals surface area contributed by atoms with E-state index in [1.165, 1.54) is 13.8 Å². The van der Waals surface area contributed by atoms with Gasteiger partial charge in [0.05, 0.1) is 37.1 Å². The van der Waals surface area contributed by atoms with Crippen LogP contribution in [0.5, 0.6) is 5.75 Å². The SMILES string of the molecule is C[C@H]1[C@H](C(C)(C)F)[C@@H](CC(=O)N(CCO)Cc2ccccc2)O[C@]12C(=O)N(Cc1ccccc1)c1ccc(N3C(=O)COc4ccccc43)cc12. The molecule has 4 aromatic rings. The van der Waals surface area contributed by atoms with Crippen molar-refractivity contribution in [3.05, 3.63) is 120 Å². The van der Waals surface area contributed by atoms with Gasteiger partial charge in [0.25, 0.3) is 11.8 Å². The van der Waals surface area contributed by atoms with E-state index in [2.05, 4.69) is 0 Å². The molecule has 9 nitrogen and oxygen atoms in total. The van der Waals surface area contributed by atoms with Crippen LogP contribution < -0.4 is 14.5 Å². The van der Waals surface area contributed by atoms with Crippen molar-refractivity contribution >= 4 is 34.8 Å². The Hall–Kier alpha value is -5.06. The molecule has 3 aliphatic heterocycles. The molecule has 7 rings (SSSR count). The van der Waals surface area contributed by atoms with Crippen molar-refractivity contribution in [2.24, 2.45) is 11.8 Å². The fourth-order valence-electron chi connectivity index (χ4n) is 8.20. The lowest BCUT2D eigenvalue weighted by Gasteiger charge is -2.33. The molecule has 10 heteroatoms. The van der Waals surface area contributed by atoms with Crippen LogP contribution in [-0.2, 0) is 37.8 Å². The van der Waals surface area contributed by atoms with Crippen LogP contribution in [0.25, 0.3) is 0 Å². The number of benzene rings is 4. The van der Waals surface area contributed by atoms with Gasteiger partial charge < -0.3 is 24.4 Å². The average Bonchev–Trinajstić information content (AvgIpc) is 3.54. The summed E-state index contributed by atoms with van der Waals surface area (Å²) < 4.78 is 29.1. The summed E-state index contributed by atoms with van der Waals surface area (Å²) >= 11 is 0. The monoisotopic (exact) mass is 691 g/mol. The lowest BCUT2D eigenvalue weighted by Crippen LogP contribution is -2.45. The minimum Gasteiger partial charge on any atom is -0.482 e. The van der Waals surface area contributed by atoms with Crippen LogP contribution in [0.2, 0.25) is 0 Å². The third-order valence-electron chi connectivity index (χ3n) is 10.4. The maximum absolute atomic E-state index is 16.5. The zero-order valence-corrected chi connectivity index (χ0v) is 29.0. The predicted octanol–water partition coefficient (Wildman–Crippen LogP) is 6.30. The summed E-state index contributed by atoms with van der Waals surface area (Å²) in [5.41, 5.74) is 0.521. The molecule has 4 aromatic carbocycles. The van der Waals surface area contributed by atoms with Crippen LogP contribution in [0.4, 0.5) is 21.5 Å². The van der Waals surface area contributed by atoms with Crippen molar-refractivity contribution in [2.45, 2.75) is 57.7 Å². The minimum absolute atomic E-state index is 0.0931. The predicted molar refractivity (Wildman–Crippen MR) is 191 cm³/mol. The van der Waals surface area contributed by atoms with Gasteiger partial charge in [-0.2, -0.15) is 0 Å². The van der Waals surface area contributed by atoms with E-state index in [4.69, 9.17) is 9.47 Å². The Morgan fingerprint density at radius 1 is 0.941 bits per heavy atom. The van der Waals surface area contributed by atoms with Crippen molar-refractivity contribution < 1.29 is 33.4 Å². The van der Waals surface area contributed by atoms with Crippen LogP contribution in [0.3, 0.4) is 0 Å². The third-order valence-corrected chi connectivity index (χ3v) is 10.4. The highest BCUT2D eigenvalue weighted by atomic mass is 19.1. The first-order valence-corrected chi connectivity index (χ1v) is 17.4. The van der Waals surface area contributed by atoms with Crippen LogP contribution in [0, 0.1) is 11.8 Å². The molecule has 1 spiro atoms. The van der Waals surface area contributed by atoms with Crippen LogP contribution >= 0.6 is 0 Å². The number of para-hydroxylation sites is 2. The van der Waals surface area contributed by atoms with Gasteiger partial charge in [0.1, 0.15) is 11.4 Å². The second-order valence-electron chi connectivity index (χ2n) is 14.1. The molecular weight excluding hydrogens is 649 g/mol. The number of alkyl halides is 1. The summed E-state index contributed by atoms with van der Waals surface area (Å²) in [4.78, 5) is 47.1. The molecule has 264 valence electrons. The molecule has 3 amide bonds. The number of aliphatic hydroxyl groups excluding tert-OH is 1. The Balaban J connectivity index is 1.31. The highest BCUT2D eigenvalue weighted by Gasteiger charge is 2.66. The van der Waals surface area contributed by atoms with Crippen molar-refractivity contribution in [1.82, 2.24) is 4.90 Å². The van der Waals surface area contributed by atoms with Crippen molar-refractivity contribution in [3.8, 4) is 5.75 Å².